The van der Waals surface area contributed by atoms with E-state index in [0.717, 1.165) is 11.1 Å². The van der Waals surface area contributed by atoms with E-state index in [1.165, 1.54) is 17.0 Å². The third-order valence-corrected chi connectivity index (χ3v) is 3.78. The molecule has 7 heteroatoms. The maximum absolute atomic E-state index is 12.2. The maximum Gasteiger partial charge on any atom is 0.387 e. The van der Waals surface area contributed by atoms with Crippen molar-refractivity contribution < 1.29 is 23.1 Å². The number of rotatable bonds is 7. The summed E-state index contributed by atoms with van der Waals surface area (Å²) in [4.78, 5) is 25.7. The first kappa shape index (κ1) is 19.4. The Morgan fingerprint density at radius 3 is 2.38 bits per heavy atom. The van der Waals surface area contributed by atoms with Gasteiger partial charge in [-0.25, -0.2) is 0 Å². The van der Waals surface area contributed by atoms with Crippen LogP contribution >= 0.6 is 0 Å². The monoisotopic (exact) mass is 362 g/mol. The van der Waals surface area contributed by atoms with E-state index in [1.807, 2.05) is 19.1 Å². The summed E-state index contributed by atoms with van der Waals surface area (Å²) >= 11 is 0. The van der Waals surface area contributed by atoms with Crippen molar-refractivity contribution >= 4 is 11.8 Å². The molecule has 0 heterocycles. The summed E-state index contributed by atoms with van der Waals surface area (Å²) in [5, 5.41) is 2.60. The van der Waals surface area contributed by atoms with Crippen LogP contribution in [0.4, 0.5) is 8.78 Å². The smallest absolute Gasteiger partial charge is 0.387 e. The molecule has 2 aromatic carbocycles. The number of hydrogen-bond acceptors (Lipinski definition) is 3. The van der Waals surface area contributed by atoms with Crippen molar-refractivity contribution in [3.8, 4) is 5.75 Å². The highest BCUT2D eigenvalue weighted by Crippen LogP contribution is 2.15. The highest BCUT2D eigenvalue weighted by molar-refractivity contribution is 5.97. The summed E-state index contributed by atoms with van der Waals surface area (Å²) in [5.74, 6) is -0.513. The van der Waals surface area contributed by atoms with Crippen LogP contribution < -0.4 is 10.1 Å². The zero-order valence-electron chi connectivity index (χ0n) is 14.5. The van der Waals surface area contributed by atoms with Crippen molar-refractivity contribution in [2.75, 3.05) is 13.6 Å². The Morgan fingerprint density at radius 2 is 1.77 bits per heavy atom. The number of alkyl halides is 2. The van der Waals surface area contributed by atoms with E-state index in [4.69, 9.17) is 0 Å². The summed E-state index contributed by atoms with van der Waals surface area (Å²) in [6.07, 6.45) is 0. The second-order valence-corrected chi connectivity index (χ2v) is 5.77. The van der Waals surface area contributed by atoms with Gasteiger partial charge in [-0.2, -0.15) is 8.78 Å². The van der Waals surface area contributed by atoms with Crippen LogP contribution in [0.1, 0.15) is 21.5 Å². The first-order valence-corrected chi connectivity index (χ1v) is 7.98. The fourth-order valence-corrected chi connectivity index (χ4v) is 2.35. The van der Waals surface area contributed by atoms with Crippen LogP contribution in [0.5, 0.6) is 5.75 Å². The normalized spacial score (nSPS) is 10.5. The molecule has 0 fully saturated rings. The summed E-state index contributed by atoms with van der Waals surface area (Å²) in [7, 11) is 1.60. The van der Waals surface area contributed by atoms with Crippen LogP contribution in [-0.4, -0.2) is 36.9 Å². The van der Waals surface area contributed by atoms with Crippen LogP contribution in [0, 0.1) is 6.92 Å². The van der Waals surface area contributed by atoms with E-state index in [1.54, 1.807) is 31.3 Å². The molecule has 0 aliphatic heterocycles. The van der Waals surface area contributed by atoms with Crippen molar-refractivity contribution in [1.82, 2.24) is 10.2 Å². The van der Waals surface area contributed by atoms with Crippen molar-refractivity contribution in [2.45, 2.75) is 20.1 Å². The fourth-order valence-electron chi connectivity index (χ4n) is 2.35. The second kappa shape index (κ2) is 8.94. The minimum atomic E-state index is -2.87. The SMILES string of the molecule is Cc1ccccc1C(=O)NCC(=O)N(C)Cc1ccc(OC(F)F)cc1. The summed E-state index contributed by atoms with van der Waals surface area (Å²) in [5.41, 5.74) is 2.11. The molecule has 1 N–H and O–H groups in total. The predicted octanol–water partition coefficient (Wildman–Crippen LogP) is 2.98. The Morgan fingerprint density at radius 1 is 1.12 bits per heavy atom. The average Bonchev–Trinajstić information content (AvgIpc) is 2.61. The van der Waals surface area contributed by atoms with E-state index in [2.05, 4.69) is 10.1 Å². The van der Waals surface area contributed by atoms with Gasteiger partial charge in [0.2, 0.25) is 5.91 Å². The van der Waals surface area contributed by atoms with Gasteiger partial charge >= 0.3 is 6.61 Å². The topological polar surface area (TPSA) is 58.6 Å². The van der Waals surface area contributed by atoms with Gasteiger partial charge in [-0.1, -0.05) is 30.3 Å². The van der Waals surface area contributed by atoms with Crippen LogP contribution in [0.25, 0.3) is 0 Å². The van der Waals surface area contributed by atoms with Crippen molar-refractivity contribution in [3.05, 3.63) is 65.2 Å². The van der Waals surface area contributed by atoms with E-state index >= 15 is 0 Å². The summed E-state index contributed by atoms with van der Waals surface area (Å²) in [6, 6.07) is 13.2. The van der Waals surface area contributed by atoms with Gasteiger partial charge in [0.15, 0.2) is 0 Å². The maximum atomic E-state index is 12.2. The number of benzene rings is 2. The number of halogens is 2. The highest BCUT2D eigenvalue weighted by atomic mass is 19.3. The zero-order chi connectivity index (χ0) is 19.1. The van der Waals surface area contributed by atoms with Gasteiger partial charge in [-0.05, 0) is 36.2 Å². The summed E-state index contributed by atoms with van der Waals surface area (Å²) in [6.45, 7) is -0.892. The molecule has 5 nitrogen and oxygen atoms in total. The lowest BCUT2D eigenvalue weighted by atomic mass is 10.1. The van der Waals surface area contributed by atoms with Gasteiger partial charge in [0.25, 0.3) is 5.91 Å². The fraction of sp³-hybridized carbons (Fsp3) is 0.263. The average molecular weight is 362 g/mol. The number of ether oxygens (including phenoxy) is 1. The van der Waals surface area contributed by atoms with Gasteiger partial charge in [0, 0.05) is 19.2 Å². The quantitative estimate of drug-likeness (QED) is 0.824. The standard InChI is InChI=1S/C19H20F2N2O3/c1-13-5-3-4-6-16(13)18(25)22-11-17(24)23(2)12-14-7-9-15(10-8-14)26-19(20)21/h3-10,19H,11-12H2,1-2H3,(H,22,25). The second-order valence-electron chi connectivity index (χ2n) is 5.77. The molecule has 0 radical (unpaired) electrons. The number of hydrogen-bond donors (Lipinski definition) is 1. The Bertz CT molecular complexity index is 764. The Balaban J connectivity index is 1.85. The zero-order valence-corrected chi connectivity index (χ0v) is 14.5. The minimum absolute atomic E-state index is 0.0585. The van der Waals surface area contributed by atoms with Crippen molar-refractivity contribution in [1.29, 1.82) is 0 Å². The lowest BCUT2D eigenvalue weighted by Gasteiger charge is -2.18. The van der Waals surface area contributed by atoms with Crippen LogP contribution in [0.2, 0.25) is 0 Å². The number of likely N-dealkylation sites (N-methyl/N-ethyl adjacent to an activating group) is 1. The van der Waals surface area contributed by atoms with Crippen LogP contribution in [-0.2, 0) is 11.3 Å². The van der Waals surface area contributed by atoms with Crippen molar-refractivity contribution in [3.63, 3.8) is 0 Å². The molecule has 0 atom stereocenters. The van der Waals surface area contributed by atoms with Gasteiger partial charge < -0.3 is 15.0 Å². The Labute approximate surface area is 150 Å². The lowest BCUT2D eigenvalue weighted by Crippen LogP contribution is -2.38. The molecule has 0 aliphatic rings. The molecular weight excluding hydrogens is 342 g/mol. The number of aryl methyl sites for hydroxylation is 1. The van der Waals surface area contributed by atoms with E-state index in [-0.39, 0.29) is 30.7 Å². The van der Waals surface area contributed by atoms with Crippen LogP contribution in [0.3, 0.4) is 0 Å². The number of amides is 2. The van der Waals surface area contributed by atoms with Gasteiger partial charge in [0.1, 0.15) is 5.75 Å². The molecule has 0 unspecified atom stereocenters. The molecule has 0 aliphatic carbocycles. The number of nitrogens with zero attached hydrogens (tertiary/aromatic N) is 1. The van der Waals surface area contributed by atoms with Gasteiger partial charge in [-0.3, -0.25) is 9.59 Å². The lowest BCUT2D eigenvalue weighted by molar-refractivity contribution is -0.129. The predicted molar refractivity (Wildman–Crippen MR) is 93.1 cm³/mol. The first-order valence-electron chi connectivity index (χ1n) is 7.98. The third kappa shape index (κ3) is 5.54. The number of nitrogens with one attached hydrogen (secondary N) is 1. The van der Waals surface area contributed by atoms with Crippen LogP contribution in [0.15, 0.2) is 48.5 Å². The molecule has 2 rings (SSSR count). The molecule has 0 spiro atoms. The van der Waals surface area contributed by atoms with E-state index < -0.39 is 6.61 Å². The molecule has 2 aromatic rings. The van der Waals surface area contributed by atoms with E-state index in [9.17, 15) is 18.4 Å². The van der Waals surface area contributed by atoms with Gasteiger partial charge in [0.05, 0.1) is 6.54 Å². The Kier molecular flexibility index (Phi) is 6.66. The first-order chi connectivity index (χ1) is 12.4. The third-order valence-electron chi connectivity index (χ3n) is 3.78. The summed E-state index contributed by atoms with van der Waals surface area (Å²) < 4.78 is 28.5. The van der Waals surface area contributed by atoms with E-state index in [0.29, 0.717) is 5.56 Å². The number of carbonyl (C=O) groups excluding carboxylic acids is 2. The molecule has 0 bridgehead atoms. The van der Waals surface area contributed by atoms with Crippen molar-refractivity contribution in [2.24, 2.45) is 0 Å². The molecule has 0 saturated heterocycles. The molecular formula is C19H20F2N2O3. The Hall–Kier alpha value is -2.96. The number of carbonyl (C=O) groups is 2. The molecule has 0 saturated carbocycles. The molecule has 2 amide bonds. The largest absolute Gasteiger partial charge is 0.435 e. The molecule has 0 aromatic heterocycles. The van der Waals surface area contributed by atoms with Gasteiger partial charge in [-0.15, -0.1) is 0 Å². The molecule has 26 heavy (non-hydrogen) atoms. The molecule has 138 valence electrons. The minimum Gasteiger partial charge on any atom is -0.435 e. The highest BCUT2D eigenvalue weighted by Gasteiger charge is 2.13.